The first-order chi connectivity index (χ1) is 15.1. The minimum absolute atomic E-state index is 0.326. The van der Waals surface area contributed by atoms with Crippen LogP contribution in [0.4, 0.5) is 5.69 Å². The maximum Gasteiger partial charge on any atom is 0.201 e. The summed E-state index contributed by atoms with van der Waals surface area (Å²) in [7, 11) is 0. The van der Waals surface area contributed by atoms with Crippen molar-refractivity contribution in [2.75, 3.05) is 5.43 Å². The zero-order chi connectivity index (χ0) is 21.4. The fourth-order valence-electron chi connectivity index (χ4n) is 3.68. The largest absolute Gasteiger partial charge is 0.311 e. The van der Waals surface area contributed by atoms with Gasteiger partial charge in [0.15, 0.2) is 5.82 Å². The van der Waals surface area contributed by atoms with Crippen molar-refractivity contribution in [3.8, 4) is 17.1 Å². The third kappa shape index (κ3) is 4.08. The molecule has 0 spiro atoms. The average molecular weight is 415 g/mol. The Bertz CT molecular complexity index is 1170. The third-order valence-electron chi connectivity index (χ3n) is 6.06. The molecule has 0 amide bonds. The van der Waals surface area contributed by atoms with Gasteiger partial charge in [0.05, 0.1) is 23.4 Å². The molecular weight excluding hydrogens is 386 g/mol. The van der Waals surface area contributed by atoms with Gasteiger partial charge in [0.25, 0.3) is 0 Å². The first kappa shape index (κ1) is 19.5. The normalized spacial score (nSPS) is 14.7. The Labute approximate surface area is 182 Å². The van der Waals surface area contributed by atoms with Crippen molar-refractivity contribution in [2.24, 2.45) is 5.92 Å². The van der Waals surface area contributed by atoms with Crippen LogP contribution >= 0.6 is 0 Å². The number of hydrogen-bond acceptors (Lipinski definition) is 4. The van der Waals surface area contributed by atoms with E-state index >= 15 is 0 Å². The van der Waals surface area contributed by atoms with Gasteiger partial charge in [-0.05, 0) is 37.8 Å². The van der Waals surface area contributed by atoms with E-state index in [9.17, 15) is 0 Å². The molecule has 1 aliphatic carbocycles. The van der Waals surface area contributed by atoms with Crippen LogP contribution in [0.25, 0.3) is 17.1 Å². The van der Waals surface area contributed by atoms with E-state index in [1.54, 1.807) is 0 Å². The van der Waals surface area contributed by atoms with E-state index in [1.807, 2.05) is 35.8 Å². The fraction of sp³-hybridized carbons (Fsp3) is 0.333. The summed E-state index contributed by atoms with van der Waals surface area (Å²) < 4.78 is 6.18. The molecule has 1 fully saturated rings. The zero-order valence-corrected chi connectivity index (χ0v) is 18.2. The average Bonchev–Trinajstić information content (AvgIpc) is 3.31. The molecule has 1 N–H and O–H groups in total. The van der Waals surface area contributed by atoms with Crippen LogP contribution < -0.4 is 10.1 Å². The van der Waals surface area contributed by atoms with E-state index in [1.165, 1.54) is 18.5 Å². The molecule has 1 aliphatic rings. The first-order valence-corrected chi connectivity index (χ1v) is 10.9. The minimum Gasteiger partial charge on any atom is -0.311 e. The minimum atomic E-state index is 0.326. The Morgan fingerprint density at radius 1 is 1.06 bits per heavy atom. The van der Waals surface area contributed by atoms with Gasteiger partial charge in [0.1, 0.15) is 6.33 Å². The zero-order valence-electron chi connectivity index (χ0n) is 18.2. The number of benzene rings is 1. The van der Waals surface area contributed by atoms with Gasteiger partial charge in [-0.25, -0.2) is 4.98 Å². The fourth-order valence-corrected chi connectivity index (χ4v) is 3.68. The number of nitrogens with one attached hydrogen (secondary N) is 1. The predicted molar refractivity (Wildman–Crippen MR) is 120 cm³/mol. The van der Waals surface area contributed by atoms with E-state index in [4.69, 9.17) is 0 Å². The molecule has 0 bridgehead atoms. The molecule has 3 aromatic heterocycles. The van der Waals surface area contributed by atoms with E-state index in [2.05, 4.69) is 87.0 Å². The second-order valence-electron chi connectivity index (χ2n) is 8.68. The number of nitrogens with zero attached hydrogens (tertiary/aromatic N) is 6. The second-order valence-corrected chi connectivity index (χ2v) is 8.68. The lowest BCUT2D eigenvalue weighted by atomic mass is 10.1. The van der Waals surface area contributed by atoms with Crippen LogP contribution in [0.3, 0.4) is 0 Å². The number of rotatable bonds is 7. The summed E-state index contributed by atoms with van der Waals surface area (Å²) in [5, 5.41) is 8.52. The topological polar surface area (TPSA) is 64.4 Å². The molecule has 1 saturated carbocycles. The molecule has 158 valence electrons. The van der Waals surface area contributed by atoms with Gasteiger partial charge in [-0.3, -0.25) is 0 Å². The highest BCUT2D eigenvalue weighted by atomic mass is 15.4. The van der Waals surface area contributed by atoms with Crippen LogP contribution in [0.5, 0.6) is 0 Å². The van der Waals surface area contributed by atoms with Gasteiger partial charge in [-0.2, -0.15) is 5.43 Å². The van der Waals surface area contributed by atoms with Crippen LogP contribution in [0.15, 0.2) is 67.6 Å². The van der Waals surface area contributed by atoms with Crippen molar-refractivity contribution in [1.82, 2.24) is 24.3 Å². The van der Waals surface area contributed by atoms with Crippen molar-refractivity contribution in [1.29, 1.82) is 0 Å². The molecule has 0 radical (unpaired) electrons. The van der Waals surface area contributed by atoms with E-state index in [-0.39, 0.29) is 0 Å². The van der Waals surface area contributed by atoms with Crippen molar-refractivity contribution in [3.63, 3.8) is 0 Å². The highest BCUT2D eigenvalue weighted by molar-refractivity contribution is 5.62. The molecule has 4 aromatic rings. The molecule has 7 nitrogen and oxygen atoms in total. The van der Waals surface area contributed by atoms with Gasteiger partial charge >= 0.3 is 0 Å². The first-order valence-electron chi connectivity index (χ1n) is 10.9. The number of anilines is 1. The van der Waals surface area contributed by atoms with Crippen LogP contribution in [0.1, 0.15) is 51.3 Å². The van der Waals surface area contributed by atoms with Gasteiger partial charge in [0.2, 0.25) is 12.4 Å². The summed E-state index contributed by atoms with van der Waals surface area (Å²) in [4.78, 5) is 4.54. The highest BCUT2D eigenvalue weighted by Crippen LogP contribution is 2.39. The number of imidazole rings is 1. The molecular formula is C24H28N7+. The standard InChI is InChI=1S/C24H28N7/c1-17(2)18(3)31-16-26-27-24(31)20-5-4-6-21(13-20)28-30-11-9-22(10-12-30)29-14-23(25-15-29)19-7-8-19/h4-6,9-19,28H,7-8H2,1-3H3/q+1/t18-/m0/s1. The Balaban J connectivity index is 1.33. The van der Waals surface area contributed by atoms with E-state index < -0.39 is 0 Å². The molecule has 1 atom stereocenters. The summed E-state index contributed by atoms with van der Waals surface area (Å²) in [5.74, 6) is 2.05. The monoisotopic (exact) mass is 414 g/mol. The smallest absolute Gasteiger partial charge is 0.201 e. The van der Waals surface area contributed by atoms with Gasteiger partial charge in [0, 0.05) is 35.9 Å². The van der Waals surface area contributed by atoms with E-state index in [0.29, 0.717) is 17.9 Å². The van der Waals surface area contributed by atoms with Gasteiger partial charge in [-0.1, -0.05) is 30.7 Å². The molecule has 7 heteroatoms. The molecule has 31 heavy (non-hydrogen) atoms. The number of aromatic nitrogens is 6. The van der Waals surface area contributed by atoms with E-state index in [0.717, 1.165) is 22.8 Å². The molecule has 0 unspecified atom stereocenters. The lowest BCUT2D eigenvalue weighted by Crippen LogP contribution is -2.41. The number of pyridine rings is 1. The predicted octanol–water partition coefficient (Wildman–Crippen LogP) is 4.39. The Morgan fingerprint density at radius 3 is 2.61 bits per heavy atom. The highest BCUT2D eigenvalue weighted by Gasteiger charge is 2.25. The maximum absolute atomic E-state index is 4.54. The van der Waals surface area contributed by atoms with Crippen LogP contribution in [0, 0.1) is 5.92 Å². The Hall–Kier alpha value is -3.48. The van der Waals surface area contributed by atoms with Gasteiger partial charge in [-0.15, -0.1) is 10.2 Å². The summed E-state index contributed by atoms with van der Waals surface area (Å²) in [6, 6.07) is 12.7. The van der Waals surface area contributed by atoms with Crippen LogP contribution in [0.2, 0.25) is 0 Å². The third-order valence-corrected chi connectivity index (χ3v) is 6.06. The molecule has 3 heterocycles. The number of hydrogen-bond donors (Lipinski definition) is 1. The quantitative estimate of drug-likeness (QED) is 0.456. The second kappa shape index (κ2) is 7.98. The van der Waals surface area contributed by atoms with Crippen molar-refractivity contribution in [2.45, 2.75) is 45.6 Å². The summed E-state index contributed by atoms with van der Waals surface area (Å²) in [6.07, 6.45) is 12.4. The molecule has 5 rings (SSSR count). The molecule has 0 saturated heterocycles. The summed E-state index contributed by atoms with van der Waals surface area (Å²) in [6.45, 7) is 6.62. The molecule has 0 aliphatic heterocycles. The molecule has 1 aromatic carbocycles. The van der Waals surface area contributed by atoms with Crippen molar-refractivity contribution in [3.05, 3.63) is 73.3 Å². The Morgan fingerprint density at radius 2 is 1.87 bits per heavy atom. The van der Waals surface area contributed by atoms with Crippen molar-refractivity contribution < 1.29 is 4.68 Å². The van der Waals surface area contributed by atoms with Crippen LogP contribution in [-0.2, 0) is 0 Å². The van der Waals surface area contributed by atoms with Crippen molar-refractivity contribution >= 4 is 5.69 Å². The summed E-state index contributed by atoms with van der Waals surface area (Å²) >= 11 is 0. The lowest BCUT2D eigenvalue weighted by Gasteiger charge is -2.19. The van der Waals surface area contributed by atoms with Crippen LogP contribution in [-0.4, -0.2) is 24.3 Å². The maximum atomic E-state index is 4.54. The lowest BCUT2D eigenvalue weighted by molar-refractivity contribution is -0.642. The Kier molecular flexibility index (Phi) is 5.02. The summed E-state index contributed by atoms with van der Waals surface area (Å²) in [5.41, 5.74) is 7.75. The van der Waals surface area contributed by atoms with Gasteiger partial charge < -0.3 is 9.13 Å². The SMILES string of the molecule is CC(C)[C@H](C)n1cnnc1-c1cccc(N[n+]2ccc(-n3cnc(C4CC4)c3)cc2)c1.